The number of ether oxygens (including phenoxy) is 2. The van der Waals surface area contributed by atoms with Crippen LogP contribution in [0.4, 0.5) is 5.69 Å². The molecule has 4 fully saturated rings. The van der Waals surface area contributed by atoms with Gasteiger partial charge in [0.25, 0.3) is 0 Å². The van der Waals surface area contributed by atoms with Crippen LogP contribution in [0.2, 0.25) is 0 Å². The van der Waals surface area contributed by atoms with Gasteiger partial charge in [-0.15, -0.1) is 0 Å². The number of anilines is 1. The topological polar surface area (TPSA) is 60.8 Å². The lowest BCUT2D eigenvalue weighted by Crippen LogP contribution is -2.43. The zero-order chi connectivity index (χ0) is 30.6. The van der Waals surface area contributed by atoms with Gasteiger partial charge in [0.2, 0.25) is 0 Å². The molecule has 0 radical (unpaired) electrons. The Morgan fingerprint density at radius 3 is 1.86 bits per heavy atom. The zero-order valence-corrected chi connectivity index (χ0v) is 27.5. The Balaban J connectivity index is 0.000000162. The largest absolute Gasteiger partial charge is 0.458 e. The van der Waals surface area contributed by atoms with Crippen LogP contribution in [0.5, 0.6) is 11.5 Å². The molecule has 0 aromatic heterocycles. The van der Waals surface area contributed by atoms with Gasteiger partial charge in [0.05, 0.1) is 0 Å². The molecule has 0 amide bonds. The molecule has 5 aliphatic rings. The van der Waals surface area contributed by atoms with E-state index < -0.39 is 0 Å². The van der Waals surface area contributed by atoms with Crippen LogP contribution in [0.1, 0.15) is 102 Å². The normalized spacial score (nSPS) is 29.3. The fraction of sp³-hybridized carbons (Fsp3) is 0.595. The first-order valence-corrected chi connectivity index (χ1v) is 16.8. The van der Waals surface area contributed by atoms with Gasteiger partial charge < -0.3 is 30.0 Å². The van der Waals surface area contributed by atoms with Crippen molar-refractivity contribution in [3.63, 3.8) is 0 Å². The molecule has 2 aromatic carbocycles. The highest BCUT2D eigenvalue weighted by Crippen LogP contribution is 2.51. The average molecular weight is 587 g/mol. The number of likely N-dealkylation sites (tertiary alicyclic amines) is 2. The van der Waals surface area contributed by atoms with Crippen LogP contribution in [0, 0.1) is 5.41 Å². The highest BCUT2D eigenvalue weighted by molar-refractivity contribution is 6.01. The molecule has 2 saturated heterocycles. The second kappa shape index (κ2) is 13.4. The minimum atomic E-state index is 0.326. The molecule has 2 aliphatic carbocycles. The lowest BCUT2D eigenvalue weighted by atomic mass is 9.66. The molecule has 6 nitrogen and oxygen atoms in total. The Morgan fingerprint density at radius 2 is 1.30 bits per heavy atom. The predicted molar refractivity (Wildman–Crippen MR) is 179 cm³/mol. The molecule has 4 atom stereocenters. The molecule has 2 N–H and O–H groups in total. The van der Waals surface area contributed by atoms with Crippen molar-refractivity contribution in [2.24, 2.45) is 0 Å². The summed E-state index contributed by atoms with van der Waals surface area (Å²) in [5, 5.41) is 11.2. The average Bonchev–Trinajstić information content (AvgIpc) is 3.60. The summed E-state index contributed by atoms with van der Waals surface area (Å²) >= 11 is 0. The molecule has 2 aromatic rings. The monoisotopic (exact) mass is 586 g/mol. The molecule has 7 rings (SSSR count). The van der Waals surface area contributed by atoms with Crippen LogP contribution in [0.3, 0.4) is 0 Å². The zero-order valence-electron chi connectivity index (χ0n) is 27.5. The number of nitrogens with one attached hydrogen (secondary N) is 2. The molecular formula is C37H54N4O2. The Labute approximate surface area is 260 Å². The second-order valence-electron chi connectivity index (χ2n) is 13.1. The summed E-state index contributed by atoms with van der Waals surface area (Å²) in [7, 11) is 6.52. The van der Waals surface area contributed by atoms with Crippen LogP contribution in [-0.4, -0.2) is 61.8 Å². The number of hydrogen-bond donors (Lipinski definition) is 2. The van der Waals surface area contributed by atoms with Crippen molar-refractivity contribution < 1.29 is 9.47 Å². The van der Waals surface area contributed by atoms with Crippen molar-refractivity contribution in [2.75, 3.05) is 39.5 Å². The highest BCUT2D eigenvalue weighted by Gasteiger charge is 2.49. The van der Waals surface area contributed by atoms with Gasteiger partial charge in [0.15, 0.2) is 11.5 Å². The minimum Gasteiger partial charge on any atom is -0.458 e. The first kappa shape index (κ1) is 31.6. The van der Waals surface area contributed by atoms with Crippen molar-refractivity contribution in [2.45, 2.75) is 108 Å². The van der Waals surface area contributed by atoms with Gasteiger partial charge in [-0.1, -0.05) is 57.7 Å². The predicted octanol–water partition coefficient (Wildman–Crippen LogP) is 8.10. The number of benzene rings is 2. The van der Waals surface area contributed by atoms with Gasteiger partial charge in [-0.05, 0) is 102 Å². The van der Waals surface area contributed by atoms with Crippen molar-refractivity contribution >= 4 is 11.4 Å². The number of fused-ring (bicyclic) bond motifs is 3. The third-order valence-electron chi connectivity index (χ3n) is 11.1. The van der Waals surface area contributed by atoms with Crippen LogP contribution in [0.15, 0.2) is 48.9 Å². The van der Waals surface area contributed by atoms with E-state index in [4.69, 9.17) is 14.9 Å². The molecule has 234 valence electrons. The van der Waals surface area contributed by atoms with E-state index in [9.17, 15) is 0 Å². The lowest BCUT2D eigenvalue weighted by molar-refractivity contribution is 0.181. The van der Waals surface area contributed by atoms with E-state index in [1.165, 1.54) is 88.4 Å². The Kier molecular flexibility index (Phi) is 9.87. The Morgan fingerprint density at radius 1 is 0.767 bits per heavy atom. The third-order valence-corrected chi connectivity index (χ3v) is 11.1. The lowest BCUT2D eigenvalue weighted by Gasteiger charge is -2.42. The number of hydrogen-bond acceptors (Lipinski definition) is 6. The number of rotatable bonds is 4. The number of likely N-dealkylation sites (N-methyl/N-ethyl adjacent to an activating group) is 2. The summed E-state index contributed by atoms with van der Waals surface area (Å²) in [6.45, 7) is 8.28. The summed E-state index contributed by atoms with van der Waals surface area (Å²) in [6, 6.07) is 14.6. The van der Waals surface area contributed by atoms with Gasteiger partial charge in [0.1, 0.15) is 12.5 Å². The van der Waals surface area contributed by atoms with Crippen molar-refractivity contribution in [1.29, 1.82) is 5.41 Å². The van der Waals surface area contributed by atoms with E-state index in [2.05, 4.69) is 65.6 Å². The van der Waals surface area contributed by atoms with Crippen LogP contribution < -0.4 is 14.8 Å². The van der Waals surface area contributed by atoms with Gasteiger partial charge in [-0.3, -0.25) is 0 Å². The summed E-state index contributed by atoms with van der Waals surface area (Å²) < 4.78 is 11.1. The van der Waals surface area contributed by atoms with E-state index in [1.807, 2.05) is 27.8 Å². The Hall–Kier alpha value is -2.83. The van der Waals surface area contributed by atoms with Crippen molar-refractivity contribution in [1.82, 2.24) is 9.80 Å². The molecule has 0 spiro atoms. The smallest absolute Gasteiger partial charge is 0.169 e. The first-order chi connectivity index (χ1) is 20.9. The van der Waals surface area contributed by atoms with Gasteiger partial charge in [-0.25, -0.2) is 0 Å². The SMILES string of the molecule is CC.CN1CC[C@]2(c3ccc4c(c3)OC=CO4)CCCCC12.CNc1cc(C23CCCCC2N(C)CC3)ccc1C(C)=N. The molecule has 3 unspecified atom stereocenters. The highest BCUT2D eigenvalue weighted by atomic mass is 16.5. The van der Waals surface area contributed by atoms with Crippen molar-refractivity contribution in [3.05, 3.63) is 65.6 Å². The standard InChI is InChI=1S/C18H27N3.C17H21NO2.C2H6/c1-13(19)15-8-7-14(12-16(15)20-2)18-9-5-4-6-17(18)21(3)11-10-18;1-18-9-8-17(7-3-2-4-16(17)18)13-5-6-14-15(12-13)20-11-10-19-14;1-2/h7-8,12,17,19-20H,4-6,9-11H2,1-3H3;5-6,10-12,16H,2-4,7-9H2,1H3;1-2H3/t;16?,17-;/m.0./s1. The van der Waals surface area contributed by atoms with Crippen LogP contribution >= 0.6 is 0 Å². The summed E-state index contributed by atoms with van der Waals surface area (Å²) in [5.74, 6) is 1.68. The van der Waals surface area contributed by atoms with Crippen LogP contribution in [0.25, 0.3) is 0 Å². The maximum Gasteiger partial charge on any atom is 0.169 e. The summed E-state index contributed by atoms with van der Waals surface area (Å²) in [4.78, 5) is 5.11. The summed E-state index contributed by atoms with van der Waals surface area (Å²) in [5.41, 5.74) is 6.34. The van der Waals surface area contributed by atoms with E-state index in [0.717, 1.165) is 22.7 Å². The van der Waals surface area contributed by atoms with Crippen molar-refractivity contribution in [3.8, 4) is 11.5 Å². The quantitative estimate of drug-likeness (QED) is 0.355. The van der Waals surface area contributed by atoms with E-state index >= 15 is 0 Å². The third kappa shape index (κ3) is 5.85. The molecule has 3 heterocycles. The second-order valence-corrected chi connectivity index (χ2v) is 13.1. The van der Waals surface area contributed by atoms with E-state index in [0.29, 0.717) is 28.6 Å². The molecule has 6 heteroatoms. The maximum absolute atomic E-state index is 7.92. The molecule has 43 heavy (non-hydrogen) atoms. The maximum atomic E-state index is 7.92. The Bertz CT molecular complexity index is 1300. The number of nitrogens with zero attached hydrogens (tertiary/aromatic N) is 2. The van der Waals surface area contributed by atoms with Gasteiger partial charge in [-0.2, -0.15) is 0 Å². The van der Waals surface area contributed by atoms with Crippen LogP contribution in [-0.2, 0) is 10.8 Å². The summed E-state index contributed by atoms with van der Waals surface area (Å²) in [6.07, 6.45) is 16.5. The fourth-order valence-corrected chi connectivity index (χ4v) is 8.93. The molecular weight excluding hydrogens is 532 g/mol. The van der Waals surface area contributed by atoms with E-state index in [-0.39, 0.29) is 0 Å². The van der Waals surface area contributed by atoms with Gasteiger partial charge in [0, 0.05) is 46.9 Å². The molecule has 3 aliphatic heterocycles. The first-order valence-electron chi connectivity index (χ1n) is 16.8. The van der Waals surface area contributed by atoms with E-state index in [1.54, 1.807) is 12.5 Å². The molecule has 2 saturated carbocycles. The minimum absolute atomic E-state index is 0.326. The van der Waals surface area contributed by atoms with Gasteiger partial charge >= 0.3 is 0 Å². The molecule has 0 bridgehead atoms. The fourth-order valence-electron chi connectivity index (χ4n) is 8.93.